The van der Waals surface area contributed by atoms with Crippen molar-refractivity contribution in [1.29, 1.82) is 0 Å². The Labute approximate surface area is 272 Å². The molecule has 2 aromatic carbocycles. The molecular weight excluding hydrogens is 619 g/mol. The number of carbonyl (C=O) groups is 2. The first kappa shape index (κ1) is 40.7. The number of esters is 2. The van der Waals surface area contributed by atoms with Gasteiger partial charge in [-0.15, -0.1) is 24.8 Å². The van der Waals surface area contributed by atoms with Gasteiger partial charge in [0.2, 0.25) is 11.5 Å². The van der Waals surface area contributed by atoms with E-state index in [0.29, 0.717) is 58.5 Å². The molecule has 0 heterocycles. The molecule has 0 saturated heterocycles. The van der Waals surface area contributed by atoms with Gasteiger partial charge in [0.25, 0.3) is 0 Å². The summed E-state index contributed by atoms with van der Waals surface area (Å²) in [6.07, 6.45) is 1.38. The lowest BCUT2D eigenvalue weighted by Gasteiger charge is -2.22. The summed E-state index contributed by atoms with van der Waals surface area (Å²) in [4.78, 5) is 29.4. The number of ether oxygens (including phenoxy) is 8. The molecule has 2 rings (SSSR count). The number of likely N-dealkylation sites (N-methyl/N-ethyl adjacent to an activating group) is 2. The number of rotatable bonds is 19. The van der Waals surface area contributed by atoms with Crippen LogP contribution in [0.25, 0.3) is 0 Å². The van der Waals surface area contributed by atoms with Crippen LogP contribution in [-0.4, -0.2) is 118 Å². The number of benzene rings is 2. The maximum Gasteiger partial charge on any atom is 0.338 e. The van der Waals surface area contributed by atoms with Crippen molar-refractivity contribution >= 4 is 36.8 Å². The van der Waals surface area contributed by atoms with Crippen molar-refractivity contribution in [3.63, 3.8) is 0 Å². The maximum absolute atomic E-state index is 12.5. The maximum atomic E-state index is 12.5. The highest BCUT2D eigenvalue weighted by molar-refractivity contribution is 5.91. The molecule has 2 aromatic rings. The standard InChI is InChI=1S/C30H44N2O10.2ClH/c1-31(11-9-15-41-29(33)21-17-23(35-3)27(39-7)24(18-21)36-4)13-14-32(2)12-10-16-42-30(34)22-19-25(37-5)28(40-8)26(20-22)38-6;;/h17-20H,9-16H2,1-8H3;2*1H. The van der Waals surface area contributed by atoms with E-state index < -0.39 is 11.9 Å². The van der Waals surface area contributed by atoms with Crippen molar-refractivity contribution in [2.24, 2.45) is 0 Å². The Hall–Kier alpha value is -3.32. The van der Waals surface area contributed by atoms with Gasteiger partial charge in [-0.05, 0) is 51.2 Å². The van der Waals surface area contributed by atoms with E-state index in [9.17, 15) is 9.59 Å². The summed E-state index contributed by atoms with van der Waals surface area (Å²) in [6, 6.07) is 6.28. The second-order valence-corrected chi connectivity index (χ2v) is 9.41. The van der Waals surface area contributed by atoms with Crippen LogP contribution in [0.2, 0.25) is 0 Å². The summed E-state index contributed by atoms with van der Waals surface area (Å²) in [5, 5.41) is 0. The highest BCUT2D eigenvalue weighted by atomic mass is 35.5. The van der Waals surface area contributed by atoms with Gasteiger partial charge < -0.3 is 47.7 Å². The van der Waals surface area contributed by atoms with Crippen LogP contribution in [0.4, 0.5) is 0 Å². The van der Waals surface area contributed by atoms with Crippen LogP contribution in [0.3, 0.4) is 0 Å². The monoisotopic (exact) mass is 664 g/mol. The van der Waals surface area contributed by atoms with E-state index in [1.165, 1.54) is 42.7 Å². The highest BCUT2D eigenvalue weighted by Crippen LogP contribution is 2.39. The Bertz CT molecular complexity index is 1030. The van der Waals surface area contributed by atoms with Gasteiger partial charge >= 0.3 is 11.9 Å². The molecule has 0 fully saturated rings. The molecular formula is C30H46Cl2N2O10. The van der Waals surface area contributed by atoms with Crippen molar-refractivity contribution in [3.05, 3.63) is 35.4 Å². The number of hydrogen-bond acceptors (Lipinski definition) is 12. The predicted molar refractivity (Wildman–Crippen MR) is 171 cm³/mol. The Balaban J connectivity index is 0.00000924. The van der Waals surface area contributed by atoms with E-state index in [0.717, 1.165) is 26.2 Å². The second kappa shape index (κ2) is 21.4. The zero-order valence-corrected chi connectivity index (χ0v) is 28.4. The quantitative estimate of drug-likeness (QED) is 0.158. The fraction of sp³-hybridized carbons (Fsp3) is 0.533. The van der Waals surface area contributed by atoms with Gasteiger partial charge in [0.1, 0.15) is 0 Å². The second-order valence-electron chi connectivity index (χ2n) is 9.41. The Morgan fingerprint density at radius 1 is 0.523 bits per heavy atom. The molecule has 14 heteroatoms. The third kappa shape index (κ3) is 12.0. The van der Waals surface area contributed by atoms with Gasteiger partial charge in [0, 0.05) is 26.2 Å². The summed E-state index contributed by atoms with van der Waals surface area (Å²) in [5.41, 5.74) is 0.655. The average molecular weight is 666 g/mol. The summed E-state index contributed by atoms with van der Waals surface area (Å²) in [7, 11) is 13.0. The molecule has 0 aliphatic heterocycles. The molecule has 0 aliphatic rings. The zero-order chi connectivity index (χ0) is 31.1. The molecule has 0 bridgehead atoms. The third-order valence-electron chi connectivity index (χ3n) is 6.50. The van der Waals surface area contributed by atoms with Crippen LogP contribution >= 0.6 is 24.8 Å². The lowest BCUT2D eigenvalue weighted by atomic mass is 10.2. The first-order valence-corrected chi connectivity index (χ1v) is 13.5. The van der Waals surface area contributed by atoms with Crippen molar-refractivity contribution in [3.8, 4) is 34.5 Å². The fourth-order valence-electron chi connectivity index (χ4n) is 4.13. The number of methoxy groups -OCH3 is 6. The molecule has 0 radical (unpaired) electrons. The van der Waals surface area contributed by atoms with Gasteiger partial charge in [-0.25, -0.2) is 9.59 Å². The van der Waals surface area contributed by atoms with E-state index in [1.54, 1.807) is 24.3 Å². The van der Waals surface area contributed by atoms with Crippen LogP contribution in [0.5, 0.6) is 34.5 Å². The molecule has 0 amide bonds. The molecule has 12 nitrogen and oxygen atoms in total. The minimum absolute atomic E-state index is 0. The van der Waals surface area contributed by atoms with Crippen LogP contribution in [0.15, 0.2) is 24.3 Å². The van der Waals surface area contributed by atoms with E-state index in [4.69, 9.17) is 37.9 Å². The molecule has 250 valence electrons. The SMILES string of the molecule is COc1cc(C(=O)OCCCN(C)CCN(C)CCCOC(=O)c2cc(OC)c(OC)c(OC)c2)cc(OC)c1OC.Cl.Cl. The number of halogens is 2. The fourth-order valence-corrected chi connectivity index (χ4v) is 4.13. The molecule has 0 aromatic heterocycles. The normalized spacial score (nSPS) is 10.3. The van der Waals surface area contributed by atoms with E-state index in [1.807, 2.05) is 14.1 Å². The van der Waals surface area contributed by atoms with Gasteiger partial charge in [-0.3, -0.25) is 0 Å². The molecule has 44 heavy (non-hydrogen) atoms. The van der Waals surface area contributed by atoms with E-state index >= 15 is 0 Å². The predicted octanol–water partition coefficient (Wildman–Crippen LogP) is 4.24. The summed E-state index contributed by atoms with van der Waals surface area (Å²) >= 11 is 0. The molecule has 0 atom stereocenters. The van der Waals surface area contributed by atoms with Crippen molar-refractivity contribution in [2.75, 3.05) is 96.1 Å². The van der Waals surface area contributed by atoms with E-state index in [2.05, 4.69) is 9.80 Å². The summed E-state index contributed by atoms with van der Waals surface area (Å²) in [5.74, 6) is 1.49. The molecule has 0 aliphatic carbocycles. The highest BCUT2D eigenvalue weighted by Gasteiger charge is 2.19. The molecule has 0 spiro atoms. The lowest BCUT2D eigenvalue weighted by molar-refractivity contribution is 0.0475. The smallest absolute Gasteiger partial charge is 0.338 e. The van der Waals surface area contributed by atoms with E-state index in [-0.39, 0.29) is 38.0 Å². The molecule has 0 N–H and O–H groups in total. The molecule has 0 saturated carbocycles. The minimum atomic E-state index is -0.456. The lowest BCUT2D eigenvalue weighted by Crippen LogP contribution is -2.32. The topological polar surface area (TPSA) is 114 Å². The van der Waals surface area contributed by atoms with Crippen molar-refractivity contribution in [1.82, 2.24) is 9.80 Å². The van der Waals surface area contributed by atoms with Gasteiger partial charge in [-0.1, -0.05) is 0 Å². The zero-order valence-electron chi connectivity index (χ0n) is 26.8. The minimum Gasteiger partial charge on any atom is -0.493 e. The first-order valence-electron chi connectivity index (χ1n) is 13.5. The largest absolute Gasteiger partial charge is 0.493 e. The van der Waals surface area contributed by atoms with Crippen LogP contribution < -0.4 is 28.4 Å². The number of nitrogens with zero attached hydrogens (tertiary/aromatic N) is 2. The number of carbonyl (C=O) groups excluding carboxylic acids is 2. The van der Waals surface area contributed by atoms with Crippen molar-refractivity contribution in [2.45, 2.75) is 12.8 Å². The Morgan fingerprint density at radius 3 is 1.07 bits per heavy atom. The van der Waals surface area contributed by atoms with Gasteiger partial charge in [-0.2, -0.15) is 0 Å². The summed E-state index contributed by atoms with van der Waals surface area (Å²) < 4.78 is 42.7. The van der Waals surface area contributed by atoms with Crippen molar-refractivity contribution < 1.29 is 47.5 Å². The first-order chi connectivity index (χ1) is 20.2. The van der Waals surface area contributed by atoms with Crippen LogP contribution in [0.1, 0.15) is 33.6 Å². The van der Waals surface area contributed by atoms with Crippen LogP contribution in [-0.2, 0) is 9.47 Å². The Morgan fingerprint density at radius 2 is 0.818 bits per heavy atom. The van der Waals surface area contributed by atoms with Crippen LogP contribution in [0, 0.1) is 0 Å². The molecule has 0 unspecified atom stereocenters. The third-order valence-corrected chi connectivity index (χ3v) is 6.50. The Kier molecular flexibility index (Phi) is 19.8. The van der Waals surface area contributed by atoms with Gasteiger partial charge in [0.05, 0.1) is 67.0 Å². The number of hydrogen-bond donors (Lipinski definition) is 0. The summed E-state index contributed by atoms with van der Waals surface area (Å²) in [6.45, 7) is 3.77. The van der Waals surface area contributed by atoms with Gasteiger partial charge in [0.15, 0.2) is 23.0 Å². The average Bonchev–Trinajstić information content (AvgIpc) is 3.01.